The number of amides is 1. The van der Waals surface area contributed by atoms with E-state index in [2.05, 4.69) is 28.3 Å². The smallest absolute Gasteiger partial charge is 0.240 e. The fourth-order valence-corrected chi connectivity index (χ4v) is 2.52. The Labute approximate surface area is 110 Å². The van der Waals surface area contributed by atoms with E-state index in [4.69, 9.17) is 0 Å². The van der Waals surface area contributed by atoms with Crippen molar-refractivity contribution >= 4 is 32.6 Å². The van der Waals surface area contributed by atoms with Crippen LogP contribution in [0.25, 0.3) is 10.2 Å². The van der Waals surface area contributed by atoms with Crippen molar-refractivity contribution in [2.24, 2.45) is 0 Å². The van der Waals surface area contributed by atoms with Gasteiger partial charge in [-0.15, -0.1) is 6.58 Å². The normalized spacial score (nSPS) is 10.5. The third-order valence-electron chi connectivity index (χ3n) is 2.36. The minimum atomic E-state index is -0.0902. The summed E-state index contributed by atoms with van der Waals surface area (Å²) in [6.07, 6.45) is 1.72. The molecule has 94 valence electrons. The minimum absolute atomic E-state index is 0.0902. The van der Waals surface area contributed by atoms with Crippen LogP contribution in [-0.4, -0.2) is 24.0 Å². The maximum Gasteiger partial charge on any atom is 0.240 e. The van der Waals surface area contributed by atoms with Gasteiger partial charge in [-0.3, -0.25) is 4.79 Å². The molecule has 2 rings (SSSR count). The molecule has 2 aromatic rings. The van der Waals surface area contributed by atoms with Gasteiger partial charge in [0, 0.05) is 6.54 Å². The van der Waals surface area contributed by atoms with Crippen LogP contribution in [0.3, 0.4) is 0 Å². The highest BCUT2D eigenvalue weighted by Gasteiger charge is 2.07. The van der Waals surface area contributed by atoms with E-state index in [1.165, 1.54) is 16.9 Å². The van der Waals surface area contributed by atoms with Crippen molar-refractivity contribution in [1.29, 1.82) is 0 Å². The summed E-state index contributed by atoms with van der Waals surface area (Å²) < 4.78 is 1.09. The van der Waals surface area contributed by atoms with Crippen molar-refractivity contribution in [1.82, 2.24) is 10.3 Å². The molecule has 1 aromatic carbocycles. The molecule has 1 aromatic heterocycles. The van der Waals surface area contributed by atoms with Gasteiger partial charge in [-0.2, -0.15) is 0 Å². The molecular weight excluding hydrogens is 246 g/mol. The minimum Gasteiger partial charge on any atom is -0.305 e. The molecule has 0 radical (unpaired) electrons. The largest absolute Gasteiger partial charge is 0.305 e. The molecule has 1 heterocycles. The number of nitrogens with one attached hydrogen (secondary N) is 2. The first kappa shape index (κ1) is 12.7. The van der Waals surface area contributed by atoms with Crippen molar-refractivity contribution in [3.05, 3.63) is 36.4 Å². The predicted octanol–water partition coefficient (Wildman–Crippen LogP) is 2.32. The topological polar surface area (TPSA) is 54.0 Å². The molecule has 1 amide bonds. The number of benzene rings is 1. The first-order valence-corrected chi connectivity index (χ1v) is 6.49. The summed E-state index contributed by atoms with van der Waals surface area (Å²) in [7, 11) is 0. The van der Waals surface area contributed by atoms with Crippen LogP contribution >= 0.6 is 11.3 Å². The standard InChI is InChI=1S/C13H15N3OS/c1-3-6-14-8-12(17)16-13-15-10-5-4-9(2)7-11(10)18-13/h3-5,7,14H,1,6,8H2,2H3,(H,15,16,17). The lowest BCUT2D eigenvalue weighted by Gasteiger charge is -2.01. The zero-order valence-corrected chi connectivity index (χ0v) is 11.0. The number of carbonyl (C=O) groups is 1. The molecule has 0 atom stereocenters. The Hall–Kier alpha value is -1.72. The molecule has 0 unspecified atom stereocenters. The Kier molecular flexibility index (Phi) is 4.07. The van der Waals surface area contributed by atoms with E-state index >= 15 is 0 Å². The number of aromatic nitrogens is 1. The van der Waals surface area contributed by atoms with Crippen molar-refractivity contribution in [2.75, 3.05) is 18.4 Å². The highest BCUT2D eigenvalue weighted by molar-refractivity contribution is 7.22. The lowest BCUT2D eigenvalue weighted by molar-refractivity contribution is -0.115. The van der Waals surface area contributed by atoms with Gasteiger partial charge in [0.05, 0.1) is 16.8 Å². The molecule has 4 nitrogen and oxygen atoms in total. The van der Waals surface area contributed by atoms with Gasteiger partial charge in [-0.1, -0.05) is 23.5 Å². The van der Waals surface area contributed by atoms with Crippen LogP contribution in [0.2, 0.25) is 0 Å². The average Bonchev–Trinajstić information content (AvgIpc) is 2.70. The molecule has 0 saturated heterocycles. The lowest BCUT2D eigenvalue weighted by atomic mass is 10.2. The van der Waals surface area contributed by atoms with Gasteiger partial charge in [0.1, 0.15) is 0 Å². The summed E-state index contributed by atoms with van der Waals surface area (Å²) in [5, 5.41) is 6.37. The van der Waals surface area contributed by atoms with Crippen molar-refractivity contribution in [2.45, 2.75) is 6.92 Å². The summed E-state index contributed by atoms with van der Waals surface area (Å²) in [5.41, 5.74) is 2.11. The number of hydrogen-bond acceptors (Lipinski definition) is 4. The molecule has 0 bridgehead atoms. The van der Waals surface area contributed by atoms with Gasteiger partial charge in [0.25, 0.3) is 0 Å². The Morgan fingerprint density at radius 2 is 2.39 bits per heavy atom. The summed E-state index contributed by atoms with van der Waals surface area (Å²) in [4.78, 5) is 16.0. The monoisotopic (exact) mass is 261 g/mol. The van der Waals surface area contributed by atoms with E-state index in [1.54, 1.807) is 6.08 Å². The van der Waals surface area contributed by atoms with Crippen LogP contribution in [0.1, 0.15) is 5.56 Å². The number of aryl methyl sites for hydroxylation is 1. The molecule has 0 saturated carbocycles. The Morgan fingerprint density at radius 3 is 3.17 bits per heavy atom. The second-order valence-corrected chi connectivity index (χ2v) is 4.99. The molecule has 2 N–H and O–H groups in total. The van der Waals surface area contributed by atoms with Gasteiger partial charge < -0.3 is 10.6 Å². The van der Waals surface area contributed by atoms with E-state index in [0.717, 1.165) is 10.2 Å². The molecule has 0 aliphatic carbocycles. The molecule has 5 heteroatoms. The molecule has 0 aliphatic heterocycles. The fraction of sp³-hybridized carbons (Fsp3) is 0.231. The summed E-state index contributed by atoms with van der Waals surface area (Å²) >= 11 is 1.49. The molecule has 18 heavy (non-hydrogen) atoms. The SMILES string of the molecule is C=CCNCC(=O)Nc1nc2ccc(C)cc2s1. The van der Waals surface area contributed by atoms with Crippen LogP contribution in [0.5, 0.6) is 0 Å². The molecule has 0 aliphatic rings. The Morgan fingerprint density at radius 1 is 1.56 bits per heavy atom. The van der Waals surface area contributed by atoms with Crippen LogP contribution < -0.4 is 10.6 Å². The third-order valence-corrected chi connectivity index (χ3v) is 3.30. The maximum atomic E-state index is 11.6. The molecular formula is C13H15N3OS. The zero-order chi connectivity index (χ0) is 13.0. The average molecular weight is 261 g/mol. The Balaban J connectivity index is 2.03. The second kappa shape index (κ2) is 5.75. The summed E-state index contributed by atoms with van der Waals surface area (Å²) in [6, 6.07) is 6.05. The van der Waals surface area contributed by atoms with E-state index < -0.39 is 0 Å². The number of nitrogens with zero attached hydrogens (tertiary/aromatic N) is 1. The number of carbonyl (C=O) groups excluding carboxylic acids is 1. The van der Waals surface area contributed by atoms with E-state index in [9.17, 15) is 4.79 Å². The highest BCUT2D eigenvalue weighted by atomic mass is 32.1. The molecule has 0 fully saturated rings. The van der Waals surface area contributed by atoms with Gasteiger partial charge >= 0.3 is 0 Å². The van der Waals surface area contributed by atoms with E-state index in [-0.39, 0.29) is 12.5 Å². The number of fused-ring (bicyclic) bond motifs is 1. The number of hydrogen-bond donors (Lipinski definition) is 2. The lowest BCUT2D eigenvalue weighted by Crippen LogP contribution is -2.27. The first-order chi connectivity index (χ1) is 8.69. The number of rotatable bonds is 5. The van der Waals surface area contributed by atoms with Crippen LogP contribution in [0, 0.1) is 6.92 Å². The van der Waals surface area contributed by atoms with Gasteiger partial charge in [0.15, 0.2) is 5.13 Å². The third kappa shape index (κ3) is 3.15. The van der Waals surface area contributed by atoms with Crippen molar-refractivity contribution in [3.8, 4) is 0 Å². The van der Waals surface area contributed by atoms with Crippen molar-refractivity contribution < 1.29 is 4.79 Å². The quantitative estimate of drug-likeness (QED) is 0.641. The number of anilines is 1. The fourth-order valence-electron chi connectivity index (χ4n) is 1.54. The second-order valence-electron chi connectivity index (χ2n) is 3.96. The van der Waals surface area contributed by atoms with Crippen LogP contribution in [-0.2, 0) is 4.79 Å². The number of thiazole rings is 1. The summed E-state index contributed by atoms with van der Waals surface area (Å²) in [6.45, 7) is 6.49. The molecule has 0 spiro atoms. The van der Waals surface area contributed by atoms with E-state index in [0.29, 0.717) is 11.7 Å². The maximum absolute atomic E-state index is 11.6. The van der Waals surface area contributed by atoms with Crippen LogP contribution in [0.15, 0.2) is 30.9 Å². The highest BCUT2D eigenvalue weighted by Crippen LogP contribution is 2.26. The summed E-state index contributed by atoms with van der Waals surface area (Å²) in [5.74, 6) is -0.0902. The van der Waals surface area contributed by atoms with Crippen molar-refractivity contribution in [3.63, 3.8) is 0 Å². The predicted molar refractivity (Wildman–Crippen MR) is 76.1 cm³/mol. The first-order valence-electron chi connectivity index (χ1n) is 5.67. The van der Waals surface area contributed by atoms with Gasteiger partial charge in [0.2, 0.25) is 5.91 Å². The Bertz CT molecular complexity index is 577. The van der Waals surface area contributed by atoms with Crippen LogP contribution in [0.4, 0.5) is 5.13 Å². The van der Waals surface area contributed by atoms with Gasteiger partial charge in [-0.25, -0.2) is 4.98 Å². The zero-order valence-electron chi connectivity index (χ0n) is 10.2. The van der Waals surface area contributed by atoms with E-state index in [1.807, 2.05) is 19.1 Å². The van der Waals surface area contributed by atoms with Gasteiger partial charge in [-0.05, 0) is 24.6 Å².